The number of amides is 1. The Labute approximate surface area is 227 Å². The number of anilines is 1. The van der Waals surface area contributed by atoms with Gasteiger partial charge in [-0.3, -0.25) is 4.79 Å². The zero-order valence-electron chi connectivity index (χ0n) is 19.9. The summed E-state index contributed by atoms with van der Waals surface area (Å²) < 4.78 is 59.6. The third kappa shape index (κ3) is 9.32. The molecule has 13 heteroatoms. The standard InChI is InChI=1S/C24H27F2IN4O5S/c1-2-6-37(34,35)31-24-30-21(14-36-24)23(33)29-20(10-16-7-17(25)11-18(26)8-16)22(32)13-28-12-15-4-3-5-19(27)9-15/h3-5,7-9,11,14,20,22,28,32H,2,6,10,12-13H2,1H3,(H,29,33)(H,30,31). The van der Waals surface area contributed by atoms with Gasteiger partial charge in [-0.25, -0.2) is 21.9 Å². The summed E-state index contributed by atoms with van der Waals surface area (Å²) >= 11 is 2.19. The maximum Gasteiger partial charge on any atom is 0.309 e. The monoisotopic (exact) mass is 648 g/mol. The Kier molecular flexibility index (Phi) is 10.4. The van der Waals surface area contributed by atoms with Crippen molar-refractivity contribution in [1.82, 2.24) is 15.6 Å². The second kappa shape index (κ2) is 13.3. The Morgan fingerprint density at radius 2 is 1.89 bits per heavy atom. The number of oxazole rings is 1. The van der Waals surface area contributed by atoms with Crippen LogP contribution in [0.2, 0.25) is 0 Å². The van der Waals surface area contributed by atoms with Crippen LogP contribution in [0.4, 0.5) is 14.8 Å². The van der Waals surface area contributed by atoms with Gasteiger partial charge < -0.3 is 20.2 Å². The number of halogens is 3. The van der Waals surface area contributed by atoms with Crippen LogP contribution >= 0.6 is 22.6 Å². The number of nitrogens with one attached hydrogen (secondary N) is 3. The van der Waals surface area contributed by atoms with Crippen molar-refractivity contribution in [3.05, 3.63) is 80.8 Å². The smallest absolute Gasteiger partial charge is 0.309 e. The molecule has 4 N–H and O–H groups in total. The quantitative estimate of drug-likeness (QED) is 0.209. The molecule has 2 aromatic carbocycles. The van der Waals surface area contributed by atoms with E-state index < -0.39 is 39.7 Å². The second-order valence-electron chi connectivity index (χ2n) is 8.35. The average Bonchev–Trinajstić information content (AvgIpc) is 3.25. The molecular weight excluding hydrogens is 621 g/mol. The molecule has 0 fully saturated rings. The number of benzene rings is 2. The summed E-state index contributed by atoms with van der Waals surface area (Å²) in [6, 6.07) is 9.38. The Balaban J connectivity index is 1.71. The van der Waals surface area contributed by atoms with Gasteiger partial charge in [0.2, 0.25) is 10.0 Å². The number of rotatable bonds is 13. The van der Waals surface area contributed by atoms with Gasteiger partial charge in [0.15, 0.2) is 5.69 Å². The number of carbonyl (C=O) groups excluding carboxylic acids is 1. The number of carbonyl (C=O) groups is 1. The molecule has 3 rings (SSSR count). The predicted octanol–water partition coefficient (Wildman–Crippen LogP) is 3.20. The number of aliphatic hydroxyl groups is 1. The minimum absolute atomic E-state index is 0.0646. The van der Waals surface area contributed by atoms with Gasteiger partial charge in [-0.05, 0) is 70.8 Å². The number of hydrogen-bond acceptors (Lipinski definition) is 7. The van der Waals surface area contributed by atoms with Gasteiger partial charge in [-0.1, -0.05) is 19.1 Å². The van der Waals surface area contributed by atoms with Gasteiger partial charge in [0.05, 0.1) is 17.9 Å². The van der Waals surface area contributed by atoms with E-state index in [2.05, 4.69) is 42.9 Å². The van der Waals surface area contributed by atoms with E-state index in [1.54, 1.807) is 6.92 Å². The topological polar surface area (TPSA) is 134 Å². The zero-order chi connectivity index (χ0) is 27.0. The largest absolute Gasteiger partial charge is 0.431 e. The van der Waals surface area contributed by atoms with Crippen molar-refractivity contribution in [2.75, 3.05) is 17.0 Å². The van der Waals surface area contributed by atoms with Crippen LogP contribution in [0.15, 0.2) is 53.1 Å². The van der Waals surface area contributed by atoms with Crippen LogP contribution in [0.5, 0.6) is 0 Å². The average molecular weight is 648 g/mol. The van der Waals surface area contributed by atoms with Gasteiger partial charge in [-0.15, -0.1) is 0 Å². The number of sulfonamides is 1. The van der Waals surface area contributed by atoms with Crippen molar-refractivity contribution in [2.24, 2.45) is 0 Å². The van der Waals surface area contributed by atoms with Gasteiger partial charge in [0.25, 0.3) is 5.91 Å². The molecule has 0 aliphatic heterocycles. The van der Waals surface area contributed by atoms with Crippen molar-refractivity contribution >= 4 is 44.5 Å². The fourth-order valence-electron chi connectivity index (χ4n) is 3.54. The van der Waals surface area contributed by atoms with Gasteiger partial charge in [0.1, 0.15) is 17.9 Å². The first-order chi connectivity index (χ1) is 17.5. The number of aliphatic hydroxyl groups excluding tert-OH is 1. The molecule has 0 bridgehead atoms. The van der Waals surface area contributed by atoms with Crippen molar-refractivity contribution in [2.45, 2.75) is 38.5 Å². The Bertz CT molecular complexity index is 1300. The number of nitrogens with zero attached hydrogens (tertiary/aromatic N) is 1. The fraction of sp³-hybridized carbons (Fsp3) is 0.333. The van der Waals surface area contributed by atoms with E-state index in [1.165, 1.54) is 0 Å². The maximum atomic E-state index is 13.7. The highest BCUT2D eigenvalue weighted by molar-refractivity contribution is 14.1. The summed E-state index contributed by atoms with van der Waals surface area (Å²) in [6.45, 7) is 2.21. The molecule has 3 aromatic rings. The van der Waals surface area contributed by atoms with Crippen molar-refractivity contribution < 1.29 is 31.5 Å². The molecule has 37 heavy (non-hydrogen) atoms. The molecule has 0 aliphatic carbocycles. The van der Waals surface area contributed by atoms with Crippen LogP contribution < -0.4 is 15.4 Å². The first-order valence-electron chi connectivity index (χ1n) is 11.4. The van der Waals surface area contributed by atoms with Crippen LogP contribution in [0.25, 0.3) is 0 Å². The summed E-state index contributed by atoms with van der Waals surface area (Å²) in [5, 5.41) is 16.6. The molecule has 0 spiro atoms. The second-order valence-corrected chi connectivity index (χ2v) is 11.4. The molecule has 200 valence electrons. The maximum absolute atomic E-state index is 13.7. The molecule has 1 aromatic heterocycles. The molecule has 0 saturated carbocycles. The fourth-order valence-corrected chi connectivity index (χ4v) is 5.15. The number of aromatic nitrogens is 1. The Morgan fingerprint density at radius 3 is 2.57 bits per heavy atom. The van der Waals surface area contributed by atoms with Gasteiger partial charge in [-0.2, -0.15) is 4.98 Å². The molecule has 9 nitrogen and oxygen atoms in total. The van der Waals surface area contributed by atoms with Crippen molar-refractivity contribution in [1.29, 1.82) is 0 Å². The van der Waals surface area contributed by atoms with Gasteiger partial charge >= 0.3 is 6.01 Å². The SMILES string of the molecule is CCCS(=O)(=O)Nc1nc(C(=O)NC(Cc2cc(F)cc(F)c2)C(O)CNCc2cccc(I)c2)co1. The van der Waals surface area contributed by atoms with Gasteiger partial charge in [0, 0.05) is 22.7 Å². The third-order valence-corrected chi connectivity index (χ3v) is 7.29. The minimum atomic E-state index is -3.68. The molecule has 2 unspecified atom stereocenters. The normalized spacial score (nSPS) is 13.2. The summed E-state index contributed by atoms with van der Waals surface area (Å²) in [7, 11) is -3.68. The molecule has 1 amide bonds. The lowest BCUT2D eigenvalue weighted by atomic mass is 10.0. The lowest BCUT2D eigenvalue weighted by Crippen LogP contribution is -2.48. The predicted molar refractivity (Wildman–Crippen MR) is 142 cm³/mol. The first kappa shape index (κ1) is 28.9. The van der Waals surface area contributed by atoms with E-state index in [1.807, 2.05) is 24.3 Å². The van der Waals surface area contributed by atoms with E-state index in [-0.39, 0.29) is 36.0 Å². The summed E-state index contributed by atoms with van der Waals surface area (Å²) in [4.78, 5) is 16.7. The lowest BCUT2D eigenvalue weighted by Gasteiger charge is -2.24. The zero-order valence-corrected chi connectivity index (χ0v) is 22.9. The van der Waals surface area contributed by atoms with E-state index in [0.29, 0.717) is 13.0 Å². The lowest BCUT2D eigenvalue weighted by molar-refractivity contribution is 0.0825. The van der Waals surface area contributed by atoms with Crippen LogP contribution in [0, 0.1) is 15.2 Å². The number of hydrogen-bond donors (Lipinski definition) is 4. The van der Waals surface area contributed by atoms with E-state index in [9.17, 15) is 27.1 Å². The summed E-state index contributed by atoms with van der Waals surface area (Å²) in [5.41, 5.74) is 0.990. The van der Waals surface area contributed by atoms with Crippen molar-refractivity contribution in [3.8, 4) is 0 Å². The molecular formula is C24H27F2IN4O5S. The van der Waals surface area contributed by atoms with E-state index in [4.69, 9.17) is 4.42 Å². The van der Waals surface area contributed by atoms with E-state index in [0.717, 1.165) is 33.6 Å². The minimum Gasteiger partial charge on any atom is -0.431 e. The highest BCUT2D eigenvalue weighted by Crippen LogP contribution is 2.14. The highest BCUT2D eigenvalue weighted by Gasteiger charge is 2.25. The Hall–Kier alpha value is -2.62. The highest BCUT2D eigenvalue weighted by atomic mass is 127. The van der Waals surface area contributed by atoms with Crippen LogP contribution in [0.3, 0.4) is 0 Å². The summed E-state index contributed by atoms with van der Waals surface area (Å²) in [5.74, 6) is -2.48. The molecule has 2 atom stereocenters. The van der Waals surface area contributed by atoms with Crippen LogP contribution in [-0.4, -0.2) is 48.9 Å². The summed E-state index contributed by atoms with van der Waals surface area (Å²) in [6.07, 6.45) is 0.119. The van der Waals surface area contributed by atoms with Crippen LogP contribution in [0.1, 0.15) is 35.0 Å². The molecule has 0 aliphatic rings. The Morgan fingerprint density at radius 1 is 1.16 bits per heavy atom. The molecule has 0 saturated heterocycles. The van der Waals surface area contributed by atoms with E-state index >= 15 is 0 Å². The first-order valence-corrected chi connectivity index (χ1v) is 14.1. The molecule has 0 radical (unpaired) electrons. The van der Waals surface area contributed by atoms with Crippen molar-refractivity contribution in [3.63, 3.8) is 0 Å². The molecule has 1 heterocycles. The van der Waals surface area contributed by atoms with Crippen LogP contribution in [-0.2, 0) is 23.0 Å². The third-order valence-electron chi connectivity index (χ3n) is 5.18.